The minimum absolute atomic E-state index is 0.0247. The topological polar surface area (TPSA) is 79.0 Å². The number of hydrogen-bond donors (Lipinski definition) is 2. The van der Waals surface area contributed by atoms with Gasteiger partial charge in [-0.15, -0.1) is 0 Å². The van der Waals surface area contributed by atoms with E-state index in [1.807, 2.05) is 0 Å². The van der Waals surface area contributed by atoms with Crippen LogP contribution < -0.4 is 5.73 Å². The molecule has 342 valence electrons. The van der Waals surface area contributed by atoms with Crippen LogP contribution in [0.5, 0.6) is 0 Å². The summed E-state index contributed by atoms with van der Waals surface area (Å²) in [5, 5.41) is 9.98. The lowest BCUT2D eigenvalue weighted by Crippen LogP contribution is -2.38. The van der Waals surface area contributed by atoms with E-state index in [0.29, 0.717) is 19.6 Å². The standard InChI is InChI=1S/C51H105N3O3/c1-4-7-10-13-16-19-22-25-28-31-34-37-43-53(47-42-51(56)57-48-41-36-33-30-27-24-21-18-15-12-9-6-3)44-39-40-46-54(49-50(52)55)45-38-35-32-29-26-23-20-17-14-11-8-5-2/h50,55H,4-49,52H2,1-3H3. The third-order valence-corrected chi connectivity index (χ3v) is 12.2. The van der Waals surface area contributed by atoms with E-state index in [-0.39, 0.29) is 5.97 Å². The van der Waals surface area contributed by atoms with Crippen LogP contribution in [0.3, 0.4) is 0 Å². The van der Waals surface area contributed by atoms with Crippen molar-refractivity contribution in [2.24, 2.45) is 5.73 Å². The molecular weight excluding hydrogens is 703 g/mol. The molecule has 0 saturated heterocycles. The lowest BCUT2D eigenvalue weighted by molar-refractivity contribution is -0.144. The number of rotatable bonds is 49. The first kappa shape index (κ1) is 56.3. The zero-order valence-electron chi connectivity index (χ0n) is 39.3. The Kier molecular flexibility index (Phi) is 47.4. The average Bonchev–Trinajstić information content (AvgIpc) is 3.20. The SMILES string of the molecule is CCCCCCCCCCCCCCOC(=O)CCN(CCCCCCCCCCCCCC)CCCCN(CCCCCCCCCCCCCC)CC(N)O. The lowest BCUT2D eigenvalue weighted by Gasteiger charge is -2.25. The second kappa shape index (κ2) is 48.0. The average molecular weight is 808 g/mol. The Balaban J connectivity index is 4.41. The minimum atomic E-state index is -0.773. The van der Waals surface area contributed by atoms with E-state index in [0.717, 1.165) is 52.0 Å². The fourth-order valence-electron chi connectivity index (χ4n) is 8.37. The van der Waals surface area contributed by atoms with Crippen LogP contribution in [0.15, 0.2) is 0 Å². The van der Waals surface area contributed by atoms with E-state index in [4.69, 9.17) is 10.5 Å². The van der Waals surface area contributed by atoms with Crippen molar-refractivity contribution in [2.45, 2.75) is 277 Å². The highest BCUT2D eigenvalue weighted by Gasteiger charge is 2.12. The van der Waals surface area contributed by atoms with Crippen molar-refractivity contribution < 1.29 is 14.6 Å². The van der Waals surface area contributed by atoms with Crippen LogP contribution in [0.4, 0.5) is 0 Å². The summed E-state index contributed by atoms with van der Waals surface area (Å²) in [4.78, 5) is 17.6. The van der Waals surface area contributed by atoms with Gasteiger partial charge >= 0.3 is 5.97 Å². The lowest BCUT2D eigenvalue weighted by atomic mass is 10.1. The number of carbonyl (C=O) groups excluding carboxylic acids is 1. The number of esters is 1. The van der Waals surface area contributed by atoms with Crippen LogP contribution in [0, 0.1) is 0 Å². The summed E-state index contributed by atoms with van der Waals surface area (Å²) in [7, 11) is 0. The first-order valence-corrected chi connectivity index (χ1v) is 26.1. The van der Waals surface area contributed by atoms with Crippen molar-refractivity contribution in [3.63, 3.8) is 0 Å². The Labute approximate surface area is 358 Å². The van der Waals surface area contributed by atoms with Gasteiger partial charge in [0.05, 0.1) is 13.0 Å². The molecule has 0 aliphatic heterocycles. The summed E-state index contributed by atoms with van der Waals surface area (Å²) in [5.41, 5.74) is 5.84. The van der Waals surface area contributed by atoms with Crippen molar-refractivity contribution in [1.82, 2.24) is 9.80 Å². The fourth-order valence-corrected chi connectivity index (χ4v) is 8.37. The minimum Gasteiger partial charge on any atom is -0.466 e. The number of ether oxygens (including phenoxy) is 1. The molecule has 0 rings (SSSR count). The molecule has 1 unspecified atom stereocenters. The summed E-state index contributed by atoms with van der Waals surface area (Å²) < 4.78 is 5.68. The van der Waals surface area contributed by atoms with Gasteiger partial charge in [-0.1, -0.05) is 233 Å². The van der Waals surface area contributed by atoms with Crippen molar-refractivity contribution in [2.75, 3.05) is 45.9 Å². The van der Waals surface area contributed by atoms with Crippen LogP contribution >= 0.6 is 0 Å². The zero-order chi connectivity index (χ0) is 41.5. The maximum absolute atomic E-state index is 12.7. The second-order valence-corrected chi connectivity index (χ2v) is 18.1. The highest BCUT2D eigenvalue weighted by atomic mass is 16.5. The second-order valence-electron chi connectivity index (χ2n) is 18.1. The van der Waals surface area contributed by atoms with Gasteiger partial charge in [-0.2, -0.15) is 0 Å². The molecule has 0 aliphatic rings. The summed E-state index contributed by atoms with van der Waals surface area (Å²) in [6, 6.07) is 0. The van der Waals surface area contributed by atoms with Crippen molar-refractivity contribution >= 4 is 5.97 Å². The predicted octanol–water partition coefficient (Wildman–Crippen LogP) is 14.7. The van der Waals surface area contributed by atoms with E-state index >= 15 is 0 Å². The summed E-state index contributed by atoms with van der Waals surface area (Å²) in [6.45, 7) is 12.9. The molecule has 0 saturated carbocycles. The third-order valence-electron chi connectivity index (χ3n) is 12.2. The number of unbranched alkanes of at least 4 members (excludes halogenated alkanes) is 34. The van der Waals surface area contributed by atoms with Gasteiger partial charge in [0, 0.05) is 13.1 Å². The molecule has 3 N–H and O–H groups in total. The fraction of sp³-hybridized carbons (Fsp3) is 0.980. The number of nitrogens with zero attached hydrogens (tertiary/aromatic N) is 2. The summed E-state index contributed by atoms with van der Waals surface area (Å²) in [5.74, 6) is -0.0247. The molecule has 0 aromatic carbocycles. The molecule has 0 aromatic rings. The van der Waals surface area contributed by atoms with E-state index in [1.165, 1.54) is 225 Å². The highest BCUT2D eigenvalue weighted by Crippen LogP contribution is 2.15. The van der Waals surface area contributed by atoms with Crippen molar-refractivity contribution in [3.05, 3.63) is 0 Å². The molecule has 0 aromatic heterocycles. The molecule has 0 heterocycles. The number of hydrogen-bond acceptors (Lipinski definition) is 6. The molecule has 6 heteroatoms. The molecule has 0 spiro atoms. The van der Waals surface area contributed by atoms with Crippen LogP contribution in [0.25, 0.3) is 0 Å². The maximum Gasteiger partial charge on any atom is 0.307 e. The van der Waals surface area contributed by atoms with Gasteiger partial charge in [0.15, 0.2) is 0 Å². The summed E-state index contributed by atoms with van der Waals surface area (Å²) >= 11 is 0. The molecule has 6 nitrogen and oxygen atoms in total. The third kappa shape index (κ3) is 46.2. The van der Waals surface area contributed by atoms with E-state index in [1.54, 1.807) is 0 Å². The van der Waals surface area contributed by atoms with Crippen molar-refractivity contribution in [3.8, 4) is 0 Å². The monoisotopic (exact) mass is 808 g/mol. The largest absolute Gasteiger partial charge is 0.466 e. The predicted molar refractivity (Wildman–Crippen MR) is 251 cm³/mol. The number of nitrogens with two attached hydrogens (primary N) is 1. The van der Waals surface area contributed by atoms with Crippen LogP contribution in [0.1, 0.15) is 271 Å². The molecule has 1 atom stereocenters. The number of aliphatic hydroxyl groups excluding tert-OH is 1. The van der Waals surface area contributed by atoms with E-state index in [2.05, 4.69) is 30.6 Å². The van der Waals surface area contributed by atoms with E-state index in [9.17, 15) is 9.90 Å². The molecule has 0 fully saturated rings. The molecule has 0 amide bonds. The normalized spacial score (nSPS) is 12.3. The quantitative estimate of drug-likeness (QED) is 0.0362. The van der Waals surface area contributed by atoms with Crippen LogP contribution in [-0.2, 0) is 9.53 Å². The van der Waals surface area contributed by atoms with Crippen molar-refractivity contribution in [1.29, 1.82) is 0 Å². The van der Waals surface area contributed by atoms with Gasteiger partial charge in [0.1, 0.15) is 6.23 Å². The maximum atomic E-state index is 12.7. The van der Waals surface area contributed by atoms with Gasteiger partial charge in [0.2, 0.25) is 0 Å². The van der Waals surface area contributed by atoms with Crippen LogP contribution in [0.2, 0.25) is 0 Å². The Morgan fingerprint density at radius 3 is 0.982 bits per heavy atom. The zero-order valence-corrected chi connectivity index (χ0v) is 39.3. The Morgan fingerprint density at radius 2 is 0.667 bits per heavy atom. The molecule has 0 radical (unpaired) electrons. The first-order chi connectivity index (χ1) is 28.0. The number of aliphatic hydroxyl groups is 1. The smallest absolute Gasteiger partial charge is 0.307 e. The summed E-state index contributed by atoms with van der Waals surface area (Å²) in [6.07, 6.45) is 50.5. The Hall–Kier alpha value is -0.690. The van der Waals surface area contributed by atoms with Gasteiger partial charge in [-0.25, -0.2) is 0 Å². The Morgan fingerprint density at radius 1 is 0.404 bits per heavy atom. The van der Waals surface area contributed by atoms with Crippen LogP contribution in [-0.4, -0.2) is 73.0 Å². The van der Waals surface area contributed by atoms with E-state index < -0.39 is 6.23 Å². The number of carbonyl (C=O) groups is 1. The molecule has 57 heavy (non-hydrogen) atoms. The first-order valence-electron chi connectivity index (χ1n) is 26.1. The van der Waals surface area contributed by atoms with Gasteiger partial charge in [-0.05, 0) is 58.3 Å². The molecule has 0 bridgehead atoms. The highest BCUT2D eigenvalue weighted by molar-refractivity contribution is 5.69. The molecule has 0 aliphatic carbocycles. The van der Waals surface area contributed by atoms with Gasteiger partial charge in [-0.3, -0.25) is 9.69 Å². The van der Waals surface area contributed by atoms with Gasteiger partial charge < -0.3 is 20.5 Å². The van der Waals surface area contributed by atoms with Gasteiger partial charge in [0.25, 0.3) is 0 Å². The Bertz CT molecular complexity index is 766. The molecular formula is C51H105N3O3.